The van der Waals surface area contributed by atoms with Crippen LogP contribution in [0.25, 0.3) is 6.08 Å². The first-order chi connectivity index (χ1) is 14.6. The summed E-state index contributed by atoms with van der Waals surface area (Å²) in [5, 5.41) is 9.17. The van der Waals surface area contributed by atoms with Crippen LogP contribution in [0.4, 0.5) is 0 Å². The Morgan fingerprint density at radius 1 is 1.16 bits per heavy atom. The highest BCUT2D eigenvalue weighted by atomic mass is 16.7. The van der Waals surface area contributed by atoms with Crippen molar-refractivity contribution in [1.29, 1.82) is 0 Å². The van der Waals surface area contributed by atoms with Gasteiger partial charge in [0.05, 0.1) is 17.6 Å². The maximum atomic E-state index is 11.2. The zero-order chi connectivity index (χ0) is 22.8. The molecule has 1 atom stereocenters. The molecule has 1 aromatic carbocycles. The lowest BCUT2D eigenvalue weighted by atomic mass is 9.74. The van der Waals surface area contributed by atoms with Gasteiger partial charge < -0.3 is 14.4 Å². The van der Waals surface area contributed by atoms with E-state index in [1.54, 1.807) is 0 Å². The maximum absolute atomic E-state index is 11.2. The van der Waals surface area contributed by atoms with E-state index in [-0.39, 0.29) is 30.8 Å². The van der Waals surface area contributed by atoms with Gasteiger partial charge in [0.2, 0.25) is 0 Å². The number of carboxylic acid groups (broad SMARTS) is 1. The topological polar surface area (TPSA) is 59.0 Å². The van der Waals surface area contributed by atoms with Gasteiger partial charge in [-0.1, -0.05) is 43.7 Å². The van der Waals surface area contributed by atoms with Crippen LogP contribution in [0.5, 0.6) is 0 Å². The highest BCUT2D eigenvalue weighted by molar-refractivity contribution is 6.62. The standard InChI is InChI=1S/C25H38BNO4/c1-7-20(17-23(28)29)27-14-12-18(13-15-27)16-19-10-9-11-22(21(19)8-2)26-30-24(3,4)25(5,6)31-26/h9-11,16,20H,7-8,12-15,17H2,1-6H3,(H,28,29). The largest absolute Gasteiger partial charge is 0.495 e. The SMILES string of the molecule is CCc1c(C=C2CCN(C(CC)CC(=O)O)CC2)cccc1B1OC(C)(C)C(C)(C)O1. The highest BCUT2D eigenvalue weighted by Crippen LogP contribution is 2.37. The van der Waals surface area contributed by atoms with Crippen molar-refractivity contribution in [3.63, 3.8) is 0 Å². The van der Waals surface area contributed by atoms with Gasteiger partial charge in [0, 0.05) is 19.1 Å². The Hall–Kier alpha value is -1.63. The van der Waals surface area contributed by atoms with Crippen LogP contribution >= 0.6 is 0 Å². The van der Waals surface area contributed by atoms with Crippen molar-refractivity contribution in [1.82, 2.24) is 4.90 Å². The molecule has 2 aliphatic rings. The lowest BCUT2D eigenvalue weighted by Gasteiger charge is -2.34. The molecule has 31 heavy (non-hydrogen) atoms. The van der Waals surface area contributed by atoms with E-state index in [2.05, 4.69) is 70.7 Å². The molecule has 2 aliphatic heterocycles. The molecule has 0 bridgehead atoms. The van der Waals surface area contributed by atoms with E-state index < -0.39 is 5.97 Å². The minimum atomic E-state index is -0.708. The number of nitrogens with zero attached hydrogens (tertiary/aromatic N) is 1. The summed E-state index contributed by atoms with van der Waals surface area (Å²) in [4.78, 5) is 13.5. The molecule has 1 aromatic rings. The van der Waals surface area contributed by atoms with Gasteiger partial charge in [-0.2, -0.15) is 0 Å². The van der Waals surface area contributed by atoms with E-state index in [0.717, 1.165) is 44.2 Å². The van der Waals surface area contributed by atoms with Gasteiger partial charge in [-0.3, -0.25) is 9.69 Å². The molecule has 0 aromatic heterocycles. The smallest absolute Gasteiger partial charge is 0.481 e. The number of carbonyl (C=O) groups is 1. The van der Waals surface area contributed by atoms with Crippen LogP contribution < -0.4 is 5.46 Å². The summed E-state index contributed by atoms with van der Waals surface area (Å²) < 4.78 is 12.6. The Balaban J connectivity index is 1.77. The molecule has 1 N–H and O–H groups in total. The molecular weight excluding hydrogens is 389 g/mol. The van der Waals surface area contributed by atoms with Crippen molar-refractivity contribution < 1.29 is 19.2 Å². The van der Waals surface area contributed by atoms with Crippen molar-refractivity contribution in [3.8, 4) is 0 Å². The molecule has 2 saturated heterocycles. The summed E-state index contributed by atoms with van der Waals surface area (Å²) in [6, 6.07) is 6.55. The second-order valence-corrected chi connectivity index (χ2v) is 9.86. The minimum absolute atomic E-state index is 0.136. The Bertz CT molecular complexity index is 807. The number of likely N-dealkylation sites (tertiary alicyclic amines) is 1. The molecule has 6 heteroatoms. The lowest BCUT2D eigenvalue weighted by molar-refractivity contribution is -0.138. The van der Waals surface area contributed by atoms with Crippen molar-refractivity contribution >= 4 is 24.6 Å². The summed E-state index contributed by atoms with van der Waals surface area (Å²) in [7, 11) is -0.346. The predicted octanol–water partition coefficient (Wildman–Crippen LogP) is 4.28. The summed E-state index contributed by atoms with van der Waals surface area (Å²) in [5.41, 5.74) is 4.39. The second kappa shape index (κ2) is 9.47. The van der Waals surface area contributed by atoms with E-state index in [1.165, 1.54) is 16.7 Å². The van der Waals surface area contributed by atoms with Crippen LogP contribution in [0.15, 0.2) is 23.8 Å². The molecule has 0 radical (unpaired) electrons. The van der Waals surface area contributed by atoms with Gasteiger partial charge in [-0.15, -0.1) is 0 Å². The summed E-state index contributed by atoms with van der Waals surface area (Å²) in [6.07, 6.45) is 6.33. The van der Waals surface area contributed by atoms with Gasteiger partial charge in [-0.25, -0.2) is 0 Å². The second-order valence-electron chi connectivity index (χ2n) is 9.86. The van der Waals surface area contributed by atoms with E-state index in [9.17, 15) is 9.90 Å². The minimum Gasteiger partial charge on any atom is -0.481 e. The summed E-state index contributed by atoms with van der Waals surface area (Å²) in [5.74, 6) is -0.708. The molecule has 3 rings (SSSR count). The van der Waals surface area contributed by atoms with Crippen LogP contribution in [-0.4, -0.2) is 53.4 Å². The van der Waals surface area contributed by atoms with E-state index in [4.69, 9.17) is 9.31 Å². The van der Waals surface area contributed by atoms with Crippen molar-refractivity contribution in [2.45, 2.75) is 90.9 Å². The normalized spacial score (nSPS) is 21.9. The van der Waals surface area contributed by atoms with Gasteiger partial charge in [-0.05, 0) is 70.0 Å². The highest BCUT2D eigenvalue weighted by Gasteiger charge is 2.52. The number of aliphatic carboxylic acids is 1. The van der Waals surface area contributed by atoms with Crippen molar-refractivity contribution in [2.75, 3.05) is 13.1 Å². The Morgan fingerprint density at radius 3 is 2.29 bits per heavy atom. The maximum Gasteiger partial charge on any atom is 0.495 e. The summed E-state index contributed by atoms with van der Waals surface area (Å²) in [6.45, 7) is 14.5. The fourth-order valence-electron chi connectivity index (χ4n) is 4.63. The molecule has 5 nitrogen and oxygen atoms in total. The number of piperidine rings is 1. The van der Waals surface area contributed by atoms with Crippen LogP contribution in [-0.2, 0) is 20.5 Å². The first kappa shape index (κ1) is 24.0. The fourth-order valence-corrected chi connectivity index (χ4v) is 4.63. The molecule has 0 spiro atoms. The van der Waals surface area contributed by atoms with Crippen LogP contribution in [0, 0.1) is 0 Å². The number of rotatable bonds is 7. The molecule has 170 valence electrons. The quantitative estimate of drug-likeness (QED) is 0.659. The van der Waals surface area contributed by atoms with Gasteiger partial charge >= 0.3 is 13.1 Å². The predicted molar refractivity (Wildman–Crippen MR) is 127 cm³/mol. The van der Waals surface area contributed by atoms with E-state index in [1.807, 2.05) is 0 Å². The Kier molecular flexibility index (Phi) is 7.34. The van der Waals surface area contributed by atoms with Gasteiger partial charge in [0.1, 0.15) is 0 Å². The zero-order valence-electron chi connectivity index (χ0n) is 20.0. The van der Waals surface area contributed by atoms with Crippen molar-refractivity contribution in [3.05, 3.63) is 34.9 Å². The summed E-state index contributed by atoms with van der Waals surface area (Å²) >= 11 is 0. The Labute approximate surface area is 187 Å². The average Bonchev–Trinajstić information content (AvgIpc) is 2.93. The van der Waals surface area contributed by atoms with Gasteiger partial charge in [0.25, 0.3) is 0 Å². The number of carboxylic acids is 1. The number of benzene rings is 1. The van der Waals surface area contributed by atoms with Gasteiger partial charge in [0.15, 0.2) is 0 Å². The molecule has 2 fully saturated rings. The van der Waals surface area contributed by atoms with E-state index >= 15 is 0 Å². The monoisotopic (exact) mass is 427 g/mol. The molecular formula is C25H38BNO4. The molecule has 0 aliphatic carbocycles. The number of hydrogen-bond acceptors (Lipinski definition) is 4. The van der Waals surface area contributed by atoms with Crippen LogP contribution in [0.2, 0.25) is 0 Å². The molecule has 0 saturated carbocycles. The average molecular weight is 427 g/mol. The lowest BCUT2D eigenvalue weighted by Crippen LogP contribution is -2.41. The first-order valence-electron chi connectivity index (χ1n) is 11.7. The van der Waals surface area contributed by atoms with Crippen LogP contribution in [0.3, 0.4) is 0 Å². The van der Waals surface area contributed by atoms with E-state index in [0.29, 0.717) is 0 Å². The molecule has 1 unspecified atom stereocenters. The molecule has 0 amide bonds. The fraction of sp³-hybridized carbons (Fsp3) is 0.640. The van der Waals surface area contributed by atoms with Crippen molar-refractivity contribution in [2.24, 2.45) is 0 Å². The first-order valence-corrected chi connectivity index (χ1v) is 11.7. The zero-order valence-corrected chi connectivity index (χ0v) is 20.0. The molecule has 2 heterocycles. The third kappa shape index (κ3) is 5.24. The van der Waals surface area contributed by atoms with Crippen LogP contribution in [0.1, 0.15) is 78.4 Å². The third-order valence-electron chi connectivity index (χ3n) is 7.31. The number of hydrogen-bond donors (Lipinski definition) is 1. The Morgan fingerprint density at radius 2 is 1.77 bits per heavy atom. The third-order valence-corrected chi connectivity index (χ3v) is 7.31.